The minimum atomic E-state index is 1.03. The lowest BCUT2D eigenvalue weighted by Gasteiger charge is -2.11. The second kappa shape index (κ2) is 4.49. The Labute approximate surface area is 109 Å². The van der Waals surface area contributed by atoms with Gasteiger partial charge in [-0.05, 0) is 41.7 Å². The van der Waals surface area contributed by atoms with E-state index in [9.17, 15) is 0 Å². The molecule has 0 heterocycles. The van der Waals surface area contributed by atoms with Crippen LogP contribution in [0.25, 0.3) is 10.8 Å². The molecule has 0 N–H and O–H groups in total. The molecule has 88 valence electrons. The van der Waals surface area contributed by atoms with Gasteiger partial charge in [0.2, 0.25) is 0 Å². The molecule has 0 aromatic heterocycles. The van der Waals surface area contributed by atoms with E-state index in [2.05, 4.69) is 63.3 Å². The van der Waals surface area contributed by atoms with Crippen LogP contribution >= 0.6 is 0 Å². The highest BCUT2D eigenvalue weighted by atomic mass is 14.1. The lowest BCUT2D eigenvalue weighted by Crippen LogP contribution is -2.06. The lowest BCUT2D eigenvalue weighted by atomic mass is 9.85. The highest BCUT2D eigenvalue weighted by Gasteiger charge is 2.07. The molecule has 1 heteroatoms. The molecule has 0 saturated carbocycles. The molecule has 3 rings (SSSR count). The van der Waals surface area contributed by atoms with Crippen molar-refractivity contribution in [2.45, 2.75) is 19.8 Å². The Hall–Kier alpha value is -1.76. The molecule has 0 nitrogen and oxygen atoms in total. The molecule has 0 radical (unpaired) electrons. The van der Waals surface area contributed by atoms with Gasteiger partial charge in [0, 0.05) is 0 Å². The van der Waals surface area contributed by atoms with Crippen LogP contribution in [0.15, 0.2) is 54.1 Å². The number of rotatable bonds is 0. The van der Waals surface area contributed by atoms with Crippen molar-refractivity contribution in [3.8, 4) is 0 Å². The summed E-state index contributed by atoms with van der Waals surface area (Å²) in [5.74, 6) is 0. The summed E-state index contributed by atoms with van der Waals surface area (Å²) in [6.45, 7) is 2.18. The van der Waals surface area contributed by atoms with Crippen LogP contribution in [0.1, 0.15) is 18.1 Å². The standard InChI is InChI=1S/C17H17B/c1-12-4-2-5-14-10-11-16(18)15-7-3-6-13(9-8-12)17(14)15/h2-4,6-8,10-11H,5,9,18H2,1H3/b4-2-,12-8-. The second-order valence-corrected chi connectivity index (χ2v) is 5.14. The summed E-state index contributed by atoms with van der Waals surface area (Å²) >= 11 is 0. The third-order valence-corrected chi connectivity index (χ3v) is 3.79. The Morgan fingerprint density at radius 3 is 2.72 bits per heavy atom. The number of hydrogen-bond acceptors (Lipinski definition) is 0. The highest BCUT2D eigenvalue weighted by molar-refractivity contribution is 6.39. The monoisotopic (exact) mass is 232 g/mol. The maximum absolute atomic E-state index is 2.32. The topological polar surface area (TPSA) is 0 Å². The van der Waals surface area contributed by atoms with E-state index in [1.54, 1.807) is 0 Å². The predicted octanol–water partition coefficient (Wildman–Crippen LogP) is 2.70. The summed E-state index contributed by atoms with van der Waals surface area (Å²) in [4.78, 5) is 0. The van der Waals surface area contributed by atoms with Crippen LogP contribution in [0.2, 0.25) is 0 Å². The van der Waals surface area contributed by atoms with Crippen LogP contribution in [0.3, 0.4) is 0 Å². The quantitative estimate of drug-likeness (QED) is 0.612. The Morgan fingerprint density at radius 2 is 1.83 bits per heavy atom. The van der Waals surface area contributed by atoms with Gasteiger partial charge in [-0.3, -0.25) is 0 Å². The lowest BCUT2D eigenvalue weighted by molar-refractivity contribution is 1.26. The Morgan fingerprint density at radius 1 is 1.00 bits per heavy atom. The fraction of sp³-hybridized carbons (Fsp3) is 0.176. The van der Waals surface area contributed by atoms with Crippen molar-refractivity contribution < 1.29 is 0 Å². The van der Waals surface area contributed by atoms with E-state index >= 15 is 0 Å². The van der Waals surface area contributed by atoms with Crippen molar-refractivity contribution in [2.24, 2.45) is 0 Å². The maximum Gasteiger partial charge on any atom is 0.140 e. The Kier molecular flexibility index (Phi) is 2.83. The van der Waals surface area contributed by atoms with Gasteiger partial charge in [-0.15, -0.1) is 0 Å². The van der Waals surface area contributed by atoms with Gasteiger partial charge in [0.1, 0.15) is 7.85 Å². The van der Waals surface area contributed by atoms with Crippen LogP contribution in [0.4, 0.5) is 0 Å². The normalized spacial score (nSPS) is 19.5. The summed E-state index contributed by atoms with van der Waals surface area (Å²) < 4.78 is 0. The third-order valence-electron chi connectivity index (χ3n) is 3.79. The molecular weight excluding hydrogens is 215 g/mol. The molecule has 2 aromatic rings. The first-order chi connectivity index (χ1) is 8.75. The largest absolute Gasteiger partial charge is 0.140 e. The Balaban J connectivity index is 2.34. The molecule has 1 aliphatic rings. The fourth-order valence-corrected chi connectivity index (χ4v) is 2.76. The molecule has 0 bridgehead atoms. The van der Waals surface area contributed by atoms with Gasteiger partial charge in [-0.1, -0.05) is 59.6 Å². The predicted molar refractivity (Wildman–Crippen MR) is 82.4 cm³/mol. The first-order valence-corrected chi connectivity index (χ1v) is 6.59. The van der Waals surface area contributed by atoms with Crippen LogP contribution < -0.4 is 5.46 Å². The van der Waals surface area contributed by atoms with Gasteiger partial charge in [0.05, 0.1) is 0 Å². The van der Waals surface area contributed by atoms with Crippen molar-refractivity contribution in [3.05, 3.63) is 65.3 Å². The number of allylic oxidation sites excluding steroid dienone is 4. The van der Waals surface area contributed by atoms with Gasteiger partial charge in [0.25, 0.3) is 0 Å². The average molecular weight is 232 g/mol. The van der Waals surface area contributed by atoms with E-state index in [1.807, 2.05) is 0 Å². The van der Waals surface area contributed by atoms with Gasteiger partial charge in [-0.25, -0.2) is 0 Å². The molecule has 0 atom stereocenters. The highest BCUT2D eigenvalue weighted by Crippen LogP contribution is 2.24. The SMILES string of the molecule is Bc1ccc2c3c(cccc13)C/C=C(C)\C=C/C2. The van der Waals surface area contributed by atoms with E-state index in [1.165, 1.54) is 32.9 Å². The van der Waals surface area contributed by atoms with E-state index in [0.717, 1.165) is 12.8 Å². The van der Waals surface area contributed by atoms with E-state index in [4.69, 9.17) is 0 Å². The first-order valence-electron chi connectivity index (χ1n) is 6.59. The molecule has 0 amide bonds. The minimum absolute atomic E-state index is 1.03. The molecular formula is C17H17B. The van der Waals surface area contributed by atoms with Crippen molar-refractivity contribution in [2.75, 3.05) is 0 Å². The van der Waals surface area contributed by atoms with Crippen molar-refractivity contribution in [1.29, 1.82) is 0 Å². The van der Waals surface area contributed by atoms with Gasteiger partial charge >= 0.3 is 0 Å². The number of hydrogen-bond donors (Lipinski definition) is 0. The summed E-state index contributed by atoms with van der Waals surface area (Å²) in [5.41, 5.74) is 5.64. The molecule has 0 fully saturated rings. The van der Waals surface area contributed by atoms with Crippen LogP contribution in [0.5, 0.6) is 0 Å². The molecule has 0 unspecified atom stereocenters. The summed E-state index contributed by atoms with van der Waals surface area (Å²) in [6, 6.07) is 11.2. The summed E-state index contributed by atoms with van der Waals surface area (Å²) in [5, 5.41) is 2.87. The van der Waals surface area contributed by atoms with Gasteiger partial charge in [-0.2, -0.15) is 0 Å². The van der Waals surface area contributed by atoms with Crippen LogP contribution in [0, 0.1) is 0 Å². The molecule has 0 saturated heterocycles. The van der Waals surface area contributed by atoms with Crippen LogP contribution in [-0.4, -0.2) is 7.85 Å². The molecule has 18 heavy (non-hydrogen) atoms. The molecule has 2 aromatic carbocycles. The van der Waals surface area contributed by atoms with Crippen LogP contribution in [-0.2, 0) is 12.8 Å². The zero-order valence-electron chi connectivity index (χ0n) is 11.0. The summed E-state index contributed by atoms with van der Waals surface area (Å²) in [6.07, 6.45) is 8.89. The van der Waals surface area contributed by atoms with E-state index in [0.29, 0.717) is 0 Å². The number of benzene rings is 2. The van der Waals surface area contributed by atoms with Gasteiger partial charge in [0.15, 0.2) is 0 Å². The molecule has 0 aliphatic heterocycles. The van der Waals surface area contributed by atoms with Gasteiger partial charge < -0.3 is 0 Å². The zero-order valence-corrected chi connectivity index (χ0v) is 11.0. The first kappa shape index (κ1) is 11.3. The molecule has 1 aliphatic carbocycles. The van der Waals surface area contributed by atoms with Crippen molar-refractivity contribution >= 4 is 24.1 Å². The van der Waals surface area contributed by atoms with Crippen molar-refractivity contribution in [1.82, 2.24) is 0 Å². The summed E-state index contributed by atoms with van der Waals surface area (Å²) in [7, 11) is 2.20. The van der Waals surface area contributed by atoms with E-state index in [-0.39, 0.29) is 0 Å². The van der Waals surface area contributed by atoms with Crippen molar-refractivity contribution in [3.63, 3.8) is 0 Å². The minimum Gasteiger partial charge on any atom is -0.0812 e. The maximum atomic E-state index is 2.32. The second-order valence-electron chi connectivity index (χ2n) is 5.14. The zero-order chi connectivity index (χ0) is 12.5. The van der Waals surface area contributed by atoms with E-state index < -0.39 is 0 Å². The average Bonchev–Trinajstić information content (AvgIpc) is 2.45. The third kappa shape index (κ3) is 1.90. The smallest absolute Gasteiger partial charge is 0.0812 e. The molecule has 0 spiro atoms. The fourth-order valence-electron chi connectivity index (χ4n) is 2.76. The Bertz CT molecular complexity index is 663.